The molecule has 2 aromatic carbocycles. The molecule has 0 unspecified atom stereocenters. The summed E-state index contributed by atoms with van der Waals surface area (Å²) in [6.45, 7) is 4.32. The second kappa shape index (κ2) is 7.16. The molecule has 4 heteroatoms. The molecule has 2 aromatic rings. The van der Waals surface area contributed by atoms with E-state index in [9.17, 15) is 9.90 Å². The van der Waals surface area contributed by atoms with Crippen molar-refractivity contribution >= 4 is 5.97 Å². The average molecular weight is 376 g/mol. The Labute approximate surface area is 166 Å². The molecule has 1 aliphatic carbocycles. The quantitative estimate of drug-likeness (QED) is 0.862. The zero-order valence-electron chi connectivity index (χ0n) is 16.7. The molecule has 0 atom stereocenters. The van der Waals surface area contributed by atoms with E-state index >= 15 is 0 Å². The lowest BCUT2D eigenvalue weighted by Gasteiger charge is -2.34. The molecule has 28 heavy (non-hydrogen) atoms. The van der Waals surface area contributed by atoms with Crippen LogP contribution in [0.1, 0.15) is 57.1 Å². The molecule has 0 radical (unpaired) electrons. The molecule has 1 saturated carbocycles. The normalized spacial score (nSPS) is 19.5. The first-order valence-corrected chi connectivity index (χ1v) is 10.3. The van der Waals surface area contributed by atoms with Crippen LogP contribution in [0.3, 0.4) is 0 Å². The molecule has 2 aliphatic rings. The number of aliphatic carboxylic acids is 1. The highest BCUT2D eigenvalue weighted by Crippen LogP contribution is 2.40. The SMILES string of the molecule is CC(C)C1(Cc2ccc(C3(C(=O)O)CCCCC3)cc2)N=c2ccccc2=N1. The largest absolute Gasteiger partial charge is 0.481 e. The maximum Gasteiger partial charge on any atom is 0.314 e. The van der Waals surface area contributed by atoms with E-state index < -0.39 is 17.0 Å². The fraction of sp³-hybridized carbons (Fsp3) is 0.458. The lowest BCUT2D eigenvalue weighted by Crippen LogP contribution is -2.38. The zero-order valence-corrected chi connectivity index (χ0v) is 16.7. The zero-order chi connectivity index (χ0) is 19.8. The summed E-state index contributed by atoms with van der Waals surface area (Å²) in [7, 11) is 0. The number of carboxylic acids is 1. The van der Waals surface area contributed by atoms with Gasteiger partial charge >= 0.3 is 5.97 Å². The Morgan fingerprint density at radius 3 is 2.04 bits per heavy atom. The smallest absolute Gasteiger partial charge is 0.314 e. The highest BCUT2D eigenvalue weighted by Gasteiger charge is 2.41. The van der Waals surface area contributed by atoms with Gasteiger partial charge in [-0.2, -0.15) is 0 Å². The van der Waals surface area contributed by atoms with Gasteiger partial charge in [0.2, 0.25) is 0 Å². The number of para-hydroxylation sites is 2. The molecule has 4 rings (SSSR count). The minimum atomic E-state index is -0.717. The number of benzene rings is 2. The number of fused-ring (bicyclic) bond motifs is 1. The number of rotatable bonds is 5. The molecule has 0 aromatic heterocycles. The molecule has 0 bridgehead atoms. The molecule has 1 fully saturated rings. The number of carbonyl (C=O) groups is 1. The lowest BCUT2D eigenvalue weighted by atomic mass is 9.69. The predicted molar refractivity (Wildman–Crippen MR) is 109 cm³/mol. The van der Waals surface area contributed by atoms with Gasteiger partial charge in [0.25, 0.3) is 0 Å². The van der Waals surface area contributed by atoms with E-state index in [-0.39, 0.29) is 5.92 Å². The molecule has 0 amide bonds. The van der Waals surface area contributed by atoms with Crippen LogP contribution in [0.15, 0.2) is 58.5 Å². The van der Waals surface area contributed by atoms with Gasteiger partial charge in [-0.15, -0.1) is 0 Å². The van der Waals surface area contributed by atoms with Gasteiger partial charge in [0.15, 0.2) is 5.66 Å². The highest BCUT2D eigenvalue weighted by molar-refractivity contribution is 5.81. The van der Waals surface area contributed by atoms with Gasteiger partial charge in [0, 0.05) is 6.42 Å². The summed E-state index contributed by atoms with van der Waals surface area (Å²) in [5.41, 5.74) is 0.880. The van der Waals surface area contributed by atoms with Gasteiger partial charge in [0.1, 0.15) is 0 Å². The van der Waals surface area contributed by atoms with Crippen molar-refractivity contribution < 1.29 is 9.90 Å². The number of nitrogens with zero attached hydrogens (tertiary/aromatic N) is 2. The number of carboxylic acid groups (broad SMARTS) is 1. The molecule has 0 spiro atoms. The van der Waals surface area contributed by atoms with Gasteiger partial charge in [-0.3, -0.25) is 14.8 Å². The molecule has 146 valence electrons. The summed E-state index contributed by atoms with van der Waals surface area (Å²) in [5, 5.41) is 11.8. The van der Waals surface area contributed by atoms with Gasteiger partial charge in [0.05, 0.1) is 16.1 Å². The highest BCUT2D eigenvalue weighted by atomic mass is 16.4. The van der Waals surface area contributed by atoms with Crippen LogP contribution < -0.4 is 10.7 Å². The maximum atomic E-state index is 12.1. The minimum absolute atomic E-state index is 0.267. The monoisotopic (exact) mass is 376 g/mol. The summed E-state index contributed by atoms with van der Waals surface area (Å²) in [5.74, 6) is -0.418. The van der Waals surface area contributed by atoms with Gasteiger partial charge in [-0.1, -0.05) is 69.5 Å². The number of hydrogen-bond acceptors (Lipinski definition) is 3. The van der Waals surface area contributed by atoms with Crippen LogP contribution >= 0.6 is 0 Å². The van der Waals surface area contributed by atoms with E-state index in [2.05, 4.69) is 26.0 Å². The molecular weight excluding hydrogens is 348 g/mol. The summed E-state index contributed by atoms with van der Waals surface area (Å²) >= 11 is 0. The first kappa shape index (κ1) is 18.9. The Hall–Kier alpha value is -2.49. The third kappa shape index (κ3) is 3.15. The first-order chi connectivity index (χ1) is 13.5. The third-order valence-corrected chi connectivity index (χ3v) is 6.52. The topological polar surface area (TPSA) is 62.0 Å². The van der Waals surface area contributed by atoms with Crippen molar-refractivity contribution in [1.29, 1.82) is 0 Å². The summed E-state index contributed by atoms with van der Waals surface area (Å²) < 4.78 is 0. The van der Waals surface area contributed by atoms with Crippen molar-refractivity contribution in [3.8, 4) is 0 Å². The summed E-state index contributed by atoms with van der Waals surface area (Å²) in [6, 6.07) is 16.2. The van der Waals surface area contributed by atoms with Gasteiger partial charge < -0.3 is 5.11 Å². The Kier molecular flexibility index (Phi) is 4.82. The van der Waals surface area contributed by atoms with Crippen LogP contribution in [0.5, 0.6) is 0 Å². The molecule has 1 heterocycles. The van der Waals surface area contributed by atoms with Crippen LogP contribution in [0.25, 0.3) is 0 Å². The van der Waals surface area contributed by atoms with Crippen molar-refractivity contribution in [2.24, 2.45) is 15.9 Å². The van der Waals surface area contributed by atoms with Crippen molar-refractivity contribution in [3.63, 3.8) is 0 Å². The fourth-order valence-corrected chi connectivity index (χ4v) is 4.66. The Morgan fingerprint density at radius 1 is 0.964 bits per heavy atom. The molecule has 1 N–H and O–H groups in total. The van der Waals surface area contributed by atoms with Crippen LogP contribution in [0.2, 0.25) is 0 Å². The van der Waals surface area contributed by atoms with E-state index in [0.29, 0.717) is 0 Å². The minimum Gasteiger partial charge on any atom is -0.481 e. The predicted octanol–water partition coefficient (Wildman–Crippen LogP) is 3.82. The van der Waals surface area contributed by atoms with Crippen molar-refractivity contribution in [2.45, 2.75) is 63.5 Å². The standard InChI is InChI=1S/C24H28N2O2/c1-17(2)24(25-20-8-4-5-9-21(20)26-24)16-18-10-12-19(13-11-18)23(22(27)28)14-6-3-7-15-23/h4-5,8-13,17H,3,6-7,14-16H2,1-2H3,(H,27,28). The van der Waals surface area contributed by atoms with E-state index in [1.54, 1.807) is 0 Å². The van der Waals surface area contributed by atoms with Crippen LogP contribution in [0.4, 0.5) is 0 Å². The average Bonchev–Trinajstić information content (AvgIpc) is 3.08. The molecule has 1 aliphatic heterocycles. The van der Waals surface area contributed by atoms with Crippen LogP contribution in [-0.2, 0) is 16.6 Å². The molecular formula is C24H28N2O2. The molecule has 4 nitrogen and oxygen atoms in total. The van der Waals surface area contributed by atoms with Crippen molar-refractivity contribution in [3.05, 3.63) is 70.4 Å². The van der Waals surface area contributed by atoms with E-state index in [4.69, 9.17) is 9.98 Å². The van der Waals surface area contributed by atoms with Gasteiger partial charge in [-0.05, 0) is 42.0 Å². The second-order valence-corrected chi connectivity index (χ2v) is 8.57. The van der Waals surface area contributed by atoms with E-state index in [1.807, 2.05) is 36.4 Å². The Morgan fingerprint density at radius 2 is 1.54 bits per heavy atom. The Bertz CT molecular complexity index is 951. The maximum absolute atomic E-state index is 12.1. The fourth-order valence-electron chi connectivity index (χ4n) is 4.66. The van der Waals surface area contributed by atoms with Crippen molar-refractivity contribution in [1.82, 2.24) is 0 Å². The van der Waals surface area contributed by atoms with Crippen LogP contribution in [0, 0.1) is 5.92 Å². The van der Waals surface area contributed by atoms with Gasteiger partial charge in [-0.25, -0.2) is 0 Å². The second-order valence-electron chi connectivity index (χ2n) is 8.57. The first-order valence-electron chi connectivity index (χ1n) is 10.3. The van der Waals surface area contributed by atoms with E-state index in [0.717, 1.165) is 60.4 Å². The lowest BCUT2D eigenvalue weighted by molar-refractivity contribution is -0.145. The molecule has 0 saturated heterocycles. The van der Waals surface area contributed by atoms with E-state index in [1.165, 1.54) is 0 Å². The summed E-state index contributed by atoms with van der Waals surface area (Å²) in [4.78, 5) is 22.0. The van der Waals surface area contributed by atoms with Crippen molar-refractivity contribution in [2.75, 3.05) is 0 Å². The number of hydrogen-bond donors (Lipinski definition) is 1. The third-order valence-electron chi connectivity index (χ3n) is 6.52. The van der Waals surface area contributed by atoms with Crippen LogP contribution in [-0.4, -0.2) is 16.7 Å². The summed E-state index contributed by atoms with van der Waals surface area (Å²) in [6.07, 6.45) is 5.30. The Balaban J connectivity index is 1.64.